The first kappa shape index (κ1) is 69.1. The summed E-state index contributed by atoms with van der Waals surface area (Å²) in [6, 6.07) is 145. The van der Waals surface area contributed by atoms with E-state index in [0.717, 1.165) is 127 Å². The predicted octanol–water partition coefficient (Wildman–Crippen LogP) is 28.5. The van der Waals surface area contributed by atoms with E-state index in [4.69, 9.17) is 34.3 Å². The fourth-order valence-corrected chi connectivity index (χ4v) is 18.1. The molecule has 6 heterocycles. The van der Waals surface area contributed by atoms with Crippen molar-refractivity contribution in [1.82, 2.24) is 39.0 Å². The number of hydrogen-bond acceptors (Lipinski definition) is 8. The Morgan fingerprint density at radius 2 is 0.534 bits per heavy atom. The van der Waals surface area contributed by atoms with Crippen LogP contribution in [0.15, 0.2) is 417 Å². The van der Waals surface area contributed by atoms with Crippen molar-refractivity contribution < 1.29 is 4.42 Å². The van der Waals surface area contributed by atoms with Gasteiger partial charge in [-0.1, -0.05) is 346 Å². The average Bonchev–Trinajstić information content (AvgIpc) is 1.57. The SMILES string of the molecule is c1ccc(-c2ccc(-c3nc(-c4ccccc4)nc(-c4ccccc4-n4c5ccccc5c5cc6c(cc54)oc4c(-c5cccc(-c7ccccc7)c5)cccc46)n3)cc2)cc1.c1ccc(-c2ccc(-c3nc(-c4ccccc4)nc(-c4ccccc4-n4c5ccccc5c5cc6c(cc54)sc4c(-c5ccccc5)cccc46)n3)cc2)cc1. The van der Waals surface area contributed by atoms with Gasteiger partial charge in [-0.2, -0.15) is 0 Å². The Balaban J connectivity index is 0.000000143. The van der Waals surface area contributed by atoms with Gasteiger partial charge in [0.25, 0.3) is 0 Å². The molecule has 0 aliphatic rings. The van der Waals surface area contributed by atoms with E-state index in [1.165, 1.54) is 58.8 Å². The molecule has 23 aromatic rings. The normalized spacial score (nSPS) is 11.6. The summed E-state index contributed by atoms with van der Waals surface area (Å²) in [4.78, 5) is 30.9. The van der Waals surface area contributed by atoms with Crippen molar-refractivity contribution in [2.24, 2.45) is 0 Å². The van der Waals surface area contributed by atoms with Crippen molar-refractivity contribution in [2.75, 3.05) is 0 Å². The van der Waals surface area contributed by atoms with Crippen LogP contribution >= 0.6 is 11.3 Å². The maximum Gasteiger partial charge on any atom is 0.166 e. The summed E-state index contributed by atoms with van der Waals surface area (Å²) in [6.45, 7) is 0. The van der Waals surface area contributed by atoms with Crippen LogP contribution in [0.4, 0.5) is 0 Å². The molecule has 0 spiro atoms. The summed E-state index contributed by atoms with van der Waals surface area (Å²) >= 11 is 1.86. The third-order valence-corrected chi connectivity index (χ3v) is 23.8. The number of hydrogen-bond donors (Lipinski definition) is 0. The van der Waals surface area contributed by atoms with Gasteiger partial charge in [-0.05, 0) is 111 Å². The minimum Gasteiger partial charge on any atom is -0.455 e. The van der Waals surface area contributed by atoms with Crippen LogP contribution in [0.2, 0.25) is 0 Å². The number of aromatic nitrogens is 8. The molecule has 0 radical (unpaired) electrons. The second-order valence-electron chi connectivity index (χ2n) is 29.6. The van der Waals surface area contributed by atoms with Crippen LogP contribution < -0.4 is 0 Å². The van der Waals surface area contributed by atoms with Gasteiger partial charge in [0.15, 0.2) is 34.9 Å². The largest absolute Gasteiger partial charge is 0.455 e. The molecule has 6 aromatic heterocycles. The second kappa shape index (κ2) is 29.4. The summed E-state index contributed by atoms with van der Waals surface area (Å²) in [5.74, 6) is 3.71. The molecule has 118 heavy (non-hydrogen) atoms. The highest BCUT2D eigenvalue weighted by molar-refractivity contribution is 7.26. The molecule has 9 nitrogen and oxygen atoms in total. The third-order valence-electron chi connectivity index (χ3n) is 22.6. The van der Waals surface area contributed by atoms with Gasteiger partial charge in [0, 0.05) is 97.5 Å². The van der Waals surface area contributed by atoms with E-state index < -0.39 is 0 Å². The van der Waals surface area contributed by atoms with Gasteiger partial charge in [-0.15, -0.1) is 11.3 Å². The minimum absolute atomic E-state index is 0.592. The molecular formula is C108H68N8OS. The highest BCUT2D eigenvalue weighted by Gasteiger charge is 2.25. The number of benzene rings is 17. The zero-order valence-corrected chi connectivity index (χ0v) is 64.5. The van der Waals surface area contributed by atoms with Crippen molar-refractivity contribution in [1.29, 1.82) is 0 Å². The van der Waals surface area contributed by atoms with Crippen molar-refractivity contribution in [3.05, 3.63) is 413 Å². The topological polar surface area (TPSA) is 100 Å². The third kappa shape index (κ3) is 12.4. The lowest BCUT2D eigenvalue weighted by atomic mass is 9.97. The molecule has 0 amide bonds. The van der Waals surface area contributed by atoms with Crippen molar-refractivity contribution in [3.8, 4) is 135 Å². The van der Waals surface area contributed by atoms with E-state index >= 15 is 0 Å². The quantitative estimate of drug-likeness (QED) is 0.113. The first-order valence-corrected chi connectivity index (χ1v) is 40.4. The van der Waals surface area contributed by atoms with Crippen LogP contribution in [0.5, 0.6) is 0 Å². The van der Waals surface area contributed by atoms with Gasteiger partial charge in [-0.3, -0.25) is 0 Å². The van der Waals surface area contributed by atoms with E-state index in [1.807, 2.05) is 72.0 Å². The van der Waals surface area contributed by atoms with E-state index in [-0.39, 0.29) is 0 Å². The lowest BCUT2D eigenvalue weighted by Crippen LogP contribution is -2.03. The first-order chi connectivity index (χ1) is 58.5. The molecule has 0 saturated heterocycles. The average molecular weight is 1530 g/mol. The minimum atomic E-state index is 0.592. The Kier molecular flexibility index (Phi) is 17.2. The molecule has 0 saturated carbocycles. The first-order valence-electron chi connectivity index (χ1n) is 39.6. The standard InChI is InChI=1S/C57H36N4O.C51H32N4S/c1-4-16-37(17-5-1)39-30-32-41(33-31-39)56-58-55(40-20-8-3-9-21-40)59-57(60-56)47-25-11-13-29-51(47)61-50-28-12-10-24-45(50)48-35-49-46-27-15-26-44(54(46)62-53(49)36-52(48)61)43-23-14-22-42(34-43)38-18-6-2-7-19-38;1-4-15-33(16-5-1)34-27-29-37(30-28-34)50-52-49(36-19-8-3-9-20-36)53-51(54-50)41-22-11-13-26-45(41)55-44-25-12-10-21-39(44)42-31-43-40-24-14-23-38(35-17-6-2-7-18-35)48(40)56-47(43)32-46(42)55/h1-36H;1-32H. The monoisotopic (exact) mass is 1520 g/mol. The Hall–Kier alpha value is -15.6. The molecule has 552 valence electrons. The zero-order chi connectivity index (χ0) is 78.0. The summed E-state index contributed by atoms with van der Waals surface area (Å²) < 4.78 is 14.2. The number of para-hydroxylation sites is 5. The molecule has 0 fully saturated rings. The van der Waals surface area contributed by atoms with E-state index in [9.17, 15) is 0 Å². The fourth-order valence-electron chi connectivity index (χ4n) is 16.9. The van der Waals surface area contributed by atoms with Crippen molar-refractivity contribution in [2.45, 2.75) is 0 Å². The van der Waals surface area contributed by atoms with Gasteiger partial charge < -0.3 is 13.6 Å². The number of thiophene rings is 1. The molecule has 0 unspecified atom stereocenters. The molecule has 23 rings (SSSR count). The van der Waals surface area contributed by atoms with Gasteiger partial charge in [0.2, 0.25) is 0 Å². The molecule has 10 heteroatoms. The maximum atomic E-state index is 6.91. The lowest BCUT2D eigenvalue weighted by molar-refractivity contribution is 0.670. The number of fused-ring (bicyclic) bond motifs is 12. The van der Waals surface area contributed by atoms with Gasteiger partial charge in [0.1, 0.15) is 11.2 Å². The highest BCUT2D eigenvalue weighted by Crippen LogP contribution is 2.47. The fraction of sp³-hybridized carbons (Fsp3) is 0. The Morgan fingerprint density at radius 3 is 1.04 bits per heavy atom. The maximum absolute atomic E-state index is 6.91. The summed E-state index contributed by atoms with van der Waals surface area (Å²) in [5.41, 5.74) is 25.2. The molecule has 0 bridgehead atoms. The predicted molar refractivity (Wildman–Crippen MR) is 488 cm³/mol. The Bertz CT molecular complexity index is 7760. The summed E-state index contributed by atoms with van der Waals surface area (Å²) in [5, 5.41) is 9.45. The smallest absolute Gasteiger partial charge is 0.166 e. The van der Waals surface area contributed by atoms with Gasteiger partial charge in [-0.25, -0.2) is 29.9 Å². The van der Waals surface area contributed by atoms with Crippen LogP contribution in [0.1, 0.15) is 0 Å². The molecular weight excluding hydrogens is 1460 g/mol. The lowest BCUT2D eigenvalue weighted by Gasteiger charge is -2.14. The Morgan fingerprint density at radius 1 is 0.195 bits per heavy atom. The highest BCUT2D eigenvalue weighted by atomic mass is 32.1. The van der Waals surface area contributed by atoms with Crippen molar-refractivity contribution in [3.63, 3.8) is 0 Å². The molecule has 17 aromatic carbocycles. The van der Waals surface area contributed by atoms with E-state index in [2.05, 4.69) is 361 Å². The van der Waals surface area contributed by atoms with E-state index in [0.29, 0.717) is 34.9 Å². The van der Waals surface area contributed by atoms with Crippen molar-refractivity contribution >= 4 is 97.1 Å². The number of nitrogens with zero attached hydrogens (tertiary/aromatic N) is 8. The molecule has 0 N–H and O–H groups in total. The zero-order valence-electron chi connectivity index (χ0n) is 63.7. The summed E-state index contributed by atoms with van der Waals surface area (Å²) in [7, 11) is 0. The van der Waals surface area contributed by atoms with Gasteiger partial charge >= 0.3 is 0 Å². The molecule has 0 aliphatic heterocycles. The van der Waals surface area contributed by atoms with Crippen LogP contribution in [0.25, 0.3) is 221 Å². The van der Waals surface area contributed by atoms with E-state index in [1.54, 1.807) is 0 Å². The van der Waals surface area contributed by atoms with Crippen LogP contribution in [0.3, 0.4) is 0 Å². The van der Waals surface area contributed by atoms with Gasteiger partial charge in [0.05, 0.1) is 33.4 Å². The molecule has 0 aliphatic carbocycles. The Labute approximate surface area is 683 Å². The number of rotatable bonds is 13. The van der Waals surface area contributed by atoms with Crippen LogP contribution in [-0.2, 0) is 0 Å². The summed E-state index contributed by atoms with van der Waals surface area (Å²) in [6.07, 6.45) is 0. The molecule has 0 atom stereocenters. The second-order valence-corrected chi connectivity index (χ2v) is 30.6. The van der Waals surface area contributed by atoms with Crippen LogP contribution in [0, 0.1) is 0 Å². The number of furan rings is 1. The van der Waals surface area contributed by atoms with Crippen LogP contribution in [-0.4, -0.2) is 39.0 Å².